The highest BCUT2D eigenvalue weighted by molar-refractivity contribution is 4.90. The third-order valence-corrected chi connectivity index (χ3v) is 6.20. The average Bonchev–Trinajstić information content (AvgIpc) is 2.55. The molecule has 2 aliphatic heterocycles. The zero-order valence-electron chi connectivity index (χ0n) is 15.3. The van der Waals surface area contributed by atoms with Crippen LogP contribution in [0.3, 0.4) is 0 Å². The first-order chi connectivity index (χ1) is 10.8. The summed E-state index contributed by atoms with van der Waals surface area (Å²) in [7, 11) is 0. The van der Waals surface area contributed by atoms with Crippen LogP contribution in [-0.2, 0) is 14.2 Å². The van der Waals surface area contributed by atoms with Gasteiger partial charge in [0.15, 0.2) is 6.29 Å². The fraction of sp³-hybridized carbons (Fsp3) is 1.00. The van der Waals surface area contributed by atoms with E-state index >= 15 is 0 Å². The van der Waals surface area contributed by atoms with E-state index in [1.807, 2.05) is 13.8 Å². The van der Waals surface area contributed by atoms with Gasteiger partial charge in [-0.05, 0) is 31.1 Å². The maximum Gasteiger partial charge on any atom is 0.161 e. The van der Waals surface area contributed by atoms with Crippen molar-refractivity contribution in [3.8, 4) is 0 Å². The highest BCUT2D eigenvalue weighted by atomic mass is 16.7. The highest BCUT2D eigenvalue weighted by Crippen LogP contribution is 2.38. The molecule has 0 bridgehead atoms. The van der Waals surface area contributed by atoms with Crippen molar-refractivity contribution in [3.63, 3.8) is 0 Å². The molecule has 0 amide bonds. The summed E-state index contributed by atoms with van der Waals surface area (Å²) >= 11 is 0. The van der Waals surface area contributed by atoms with Crippen molar-refractivity contribution in [2.75, 3.05) is 6.61 Å². The minimum absolute atomic E-state index is 0.0159. The molecule has 5 nitrogen and oxygen atoms in total. The van der Waals surface area contributed by atoms with E-state index in [1.165, 1.54) is 0 Å². The normalized spacial score (nSPS) is 51.7. The summed E-state index contributed by atoms with van der Waals surface area (Å²) in [6, 6.07) is 0. The van der Waals surface area contributed by atoms with E-state index in [-0.39, 0.29) is 36.8 Å². The summed E-state index contributed by atoms with van der Waals surface area (Å²) in [5.41, 5.74) is 0. The molecule has 0 radical (unpaired) electrons. The van der Waals surface area contributed by atoms with Gasteiger partial charge in [-0.25, -0.2) is 0 Å². The van der Waals surface area contributed by atoms with Gasteiger partial charge in [0, 0.05) is 5.92 Å². The lowest BCUT2D eigenvalue weighted by Gasteiger charge is -2.48. The summed E-state index contributed by atoms with van der Waals surface area (Å²) in [5, 5.41) is 19.6. The Kier molecular flexibility index (Phi) is 6.48. The van der Waals surface area contributed by atoms with Crippen LogP contribution >= 0.6 is 0 Å². The molecule has 136 valence electrons. The van der Waals surface area contributed by atoms with Crippen LogP contribution in [0.1, 0.15) is 48.0 Å². The molecule has 2 rings (SSSR count). The fourth-order valence-corrected chi connectivity index (χ4v) is 3.82. The van der Waals surface area contributed by atoms with Crippen molar-refractivity contribution in [1.29, 1.82) is 0 Å². The lowest BCUT2D eigenvalue weighted by molar-refractivity contribution is -0.310. The van der Waals surface area contributed by atoms with Crippen molar-refractivity contribution < 1.29 is 24.4 Å². The van der Waals surface area contributed by atoms with Crippen LogP contribution in [0.5, 0.6) is 0 Å². The van der Waals surface area contributed by atoms with Crippen LogP contribution in [0, 0.1) is 23.7 Å². The second-order valence-corrected chi connectivity index (χ2v) is 7.54. The molecule has 0 aromatic rings. The van der Waals surface area contributed by atoms with Gasteiger partial charge in [0.1, 0.15) is 6.10 Å². The molecule has 2 heterocycles. The molecule has 0 aliphatic carbocycles. The van der Waals surface area contributed by atoms with Gasteiger partial charge in [0.05, 0.1) is 31.0 Å². The molecule has 0 spiro atoms. The molecule has 10 atom stereocenters. The van der Waals surface area contributed by atoms with E-state index < -0.39 is 18.5 Å². The van der Waals surface area contributed by atoms with Crippen LogP contribution in [0.25, 0.3) is 0 Å². The van der Waals surface area contributed by atoms with Crippen LogP contribution in [-0.4, -0.2) is 53.6 Å². The van der Waals surface area contributed by atoms with Crippen molar-refractivity contribution in [3.05, 3.63) is 0 Å². The molecule has 2 N–H and O–H groups in total. The lowest BCUT2D eigenvalue weighted by atomic mass is 9.80. The Morgan fingerprint density at radius 3 is 2.09 bits per heavy atom. The fourth-order valence-electron chi connectivity index (χ4n) is 3.82. The first kappa shape index (κ1) is 19.1. The minimum atomic E-state index is -0.657. The Hall–Kier alpha value is -0.200. The quantitative estimate of drug-likeness (QED) is 0.827. The van der Waals surface area contributed by atoms with Crippen LogP contribution in [0.2, 0.25) is 0 Å². The van der Waals surface area contributed by atoms with Crippen molar-refractivity contribution in [1.82, 2.24) is 0 Å². The Morgan fingerprint density at radius 1 is 0.870 bits per heavy atom. The Balaban J connectivity index is 2.11. The monoisotopic (exact) mass is 330 g/mol. The number of aliphatic hydroxyl groups excluding tert-OH is 2. The molecule has 2 aliphatic rings. The van der Waals surface area contributed by atoms with Crippen molar-refractivity contribution >= 4 is 0 Å². The molecule has 5 heteroatoms. The minimum Gasteiger partial charge on any atom is -0.394 e. The first-order valence-electron chi connectivity index (χ1n) is 9.07. The highest BCUT2D eigenvalue weighted by Gasteiger charge is 2.45. The predicted molar refractivity (Wildman–Crippen MR) is 87.9 cm³/mol. The number of aliphatic hydroxyl groups is 2. The molecule has 0 saturated carbocycles. The van der Waals surface area contributed by atoms with Crippen LogP contribution in [0.15, 0.2) is 0 Å². The Labute approximate surface area is 140 Å². The van der Waals surface area contributed by atoms with Crippen LogP contribution < -0.4 is 0 Å². The second-order valence-electron chi connectivity index (χ2n) is 7.54. The van der Waals surface area contributed by atoms with E-state index in [0.717, 1.165) is 6.42 Å². The summed E-state index contributed by atoms with van der Waals surface area (Å²) < 4.78 is 18.3. The Bertz CT molecular complexity index is 372. The van der Waals surface area contributed by atoms with Gasteiger partial charge in [-0.1, -0.05) is 34.6 Å². The predicted octanol–water partition coefficient (Wildman–Crippen LogP) is 2.19. The number of ether oxygens (including phenoxy) is 3. The number of rotatable bonds is 4. The summed E-state index contributed by atoms with van der Waals surface area (Å²) in [6.45, 7) is 12.5. The van der Waals surface area contributed by atoms with E-state index in [4.69, 9.17) is 14.2 Å². The van der Waals surface area contributed by atoms with E-state index in [2.05, 4.69) is 27.7 Å². The zero-order chi connectivity index (χ0) is 17.3. The summed E-state index contributed by atoms with van der Waals surface area (Å²) in [4.78, 5) is 0. The summed E-state index contributed by atoms with van der Waals surface area (Å²) in [6.07, 6.45) is -0.503. The largest absolute Gasteiger partial charge is 0.394 e. The molecular formula is C18H34O5. The molecule has 2 fully saturated rings. The van der Waals surface area contributed by atoms with Crippen molar-refractivity contribution in [2.24, 2.45) is 23.7 Å². The van der Waals surface area contributed by atoms with Gasteiger partial charge >= 0.3 is 0 Å². The molecule has 23 heavy (non-hydrogen) atoms. The van der Waals surface area contributed by atoms with E-state index in [9.17, 15) is 10.2 Å². The second kappa shape index (κ2) is 7.79. The standard InChI is InChI=1S/C18H34O5/c1-7-14-17(11(4)9(2)13(6)21-14)23-18-12(5)10(3)16(20)15(8-19)22-18/h9-20H,7-8H2,1-6H3/t9?,10-,11?,12?,13+,14-,15?,16-,17-,18-/m0/s1. The first-order valence-corrected chi connectivity index (χ1v) is 9.07. The maximum absolute atomic E-state index is 10.2. The summed E-state index contributed by atoms with van der Waals surface area (Å²) in [5.74, 6) is 0.863. The maximum atomic E-state index is 10.2. The van der Waals surface area contributed by atoms with Gasteiger partial charge in [0.2, 0.25) is 0 Å². The van der Waals surface area contributed by atoms with Gasteiger partial charge in [-0.3, -0.25) is 0 Å². The van der Waals surface area contributed by atoms with Crippen molar-refractivity contribution in [2.45, 2.75) is 84.8 Å². The number of hydrogen-bond acceptors (Lipinski definition) is 5. The topological polar surface area (TPSA) is 68.2 Å². The number of hydrogen-bond donors (Lipinski definition) is 2. The van der Waals surface area contributed by atoms with E-state index in [0.29, 0.717) is 11.8 Å². The SMILES string of the molecule is CC[C@@H]1O[C@H](C)C(C)C(C)[C@@H]1O[C@@H]1OC(CO)[C@@H](O)[C@@H](C)C1C. The van der Waals surface area contributed by atoms with Crippen LogP contribution in [0.4, 0.5) is 0 Å². The van der Waals surface area contributed by atoms with E-state index in [1.54, 1.807) is 0 Å². The lowest BCUT2D eigenvalue weighted by Crippen LogP contribution is -2.56. The van der Waals surface area contributed by atoms with Gasteiger partial charge in [-0.15, -0.1) is 0 Å². The van der Waals surface area contributed by atoms with Gasteiger partial charge in [-0.2, -0.15) is 0 Å². The molecule has 0 aromatic carbocycles. The third-order valence-electron chi connectivity index (χ3n) is 6.20. The molecule has 0 aromatic heterocycles. The average molecular weight is 330 g/mol. The van der Waals surface area contributed by atoms with Gasteiger partial charge in [0.25, 0.3) is 0 Å². The molecule has 2 saturated heterocycles. The van der Waals surface area contributed by atoms with Gasteiger partial charge < -0.3 is 24.4 Å². The molecule has 4 unspecified atom stereocenters. The smallest absolute Gasteiger partial charge is 0.161 e. The third kappa shape index (κ3) is 3.74. The zero-order valence-corrected chi connectivity index (χ0v) is 15.3. The Morgan fingerprint density at radius 2 is 1.52 bits per heavy atom. The molecular weight excluding hydrogens is 296 g/mol.